The number of aryl methyl sites for hydroxylation is 1. The minimum Gasteiger partial charge on any atom is -0.330 e. The van der Waals surface area contributed by atoms with Crippen LogP contribution in [0.2, 0.25) is 0 Å². The van der Waals surface area contributed by atoms with Crippen molar-refractivity contribution < 1.29 is 4.39 Å². The van der Waals surface area contributed by atoms with E-state index in [4.69, 9.17) is 5.73 Å². The second kappa shape index (κ2) is 6.15. The Labute approximate surface area is 113 Å². The van der Waals surface area contributed by atoms with Gasteiger partial charge in [-0.05, 0) is 31.0 Å². The molecule has 0 aliphatic carbocycles. The van der Waals surface area contributed by atoms with Gasteiger partial charge in [-0.15, -0.1) is 0 Å². The first-order valence-electron chi connectivity index (χ1n) is 7.04. The number of benzene rings is 1. The van der Waals surface area contributed by atoms with Crippen LogP contribution in [0.1, 0.15) is 32.5 Å². The molecule has 1 unspecified atom stereocenters. The number of rotatable bonds is 6. The zero-order valence-electron chi connectivity index (χ0n) is 11.7. The predicted octanol–water partition coefficient (Wildman–Crippen LogP) is 3.11. The molecule has 0 aliphatic rings. The van der Waals surface area contributed by atoms with E-state index in [1.54, 1.807) is 0 Å². The molecule has 0 amide bonds. The van der Waals surface area contributed by atoms with Crippen molar-refractivity contribution in [3.63, 3.8) is 0 Å². The summed E-state index contributed by atoms with van der Waals surface area (Å²) in [6.07, 6.45) is 2.94. The lowest BCUT2D eigenvalue weighted by Gasteiger charge is -2.13. The Morgan fingerprint density at radius 3 is 2.79 bits per heavy atom. The Morgan fingerprint density at radius 1 is 1.37 bits per heavy atom. The van der Waals surface area contributed by atoms with Crippen LogP contribution in [0, 0.1) is 11.7 Å². The lowest BCUT2D eigenvalue weighted by Crippen LogP contribution is -2.18. The molecule has 2 rings (SSSR count). The van der Waals surface area contributed by atoms with Gasteiger partial charge in [-0.1, -0.05) is 20.3 Å². The van der Waals surface area contributed by atoms with Gasteiger partial charge in [0.1, 0.15) is 11.6 Å². The van der Waals surface area contributed by atoms with Gasteiger partial charge in [-0.25, -0.2) is 9.37 Å². The Balaban J connectivity index is 2.43. The number of nitrogens with zero attached hydrogens (tertiary/aromatic N) is 2. The fourth-order valence-electron chi connectivity index (χ4n) is 2.43. The maximum atomic E-state index is 13.3. The molecular weight excluding hydrogens is 241 g/mol. The van der Waals surface area contributed by atoms with Crippen molar-refractivity contribution in [3.05, 3.63) is 29.8 Å². The van der Waals surface area contributed by atoms with E-state index in [1.807, 2.05) is 6.07 Å². The second-order valence-electron chi connectivity index (χ2n) is 5.03. The van der Waals surface area contributed by atoms with Crippen LogP contribution in [-0.2, 0) is 13.0 Å². The average Bonchev–Trinajstić information content (AvgIpc) is 2.73. The van der Waals surface area contributed by atoms with Gasteiger partial charge >= 0.3 is 0 Å². The molecule has 0 fully saturated rings. The van der Waals surface area contributed by atoms with E-state index in [9.17, 15) is 4.39 Å². The number of hydrogen-bond acceptors (Lipinski definition) is 2. The topological polar surface area (TPSA) is 43.8 Å². The third-order valence-corrected chi connectivity index (χ3v) is 3.62. The van der Waals surface area contributed by atoms with Gasteiger partial charge in [-0.3, -0.25) is 0 Å². The summed E-state index contributed by atoms with van der Waals surface area (Å²) in [7, 11) is 0. The van der Waals surface area contributed by atoms with E-state index >= 15 is 0 Å². The van der Waals surface area contributed by atoms with Crippen molar-refractivity contribution in [1.82, 2.24) is 9.55 Å². The molecule has 0 radical (unpaired) electrons. The number of hydrogen-bond donors (Lipinski definition) is 1. The summed E-state index contributed by atoms with van der Waals surface area (Å²) < 4.78 is 15.5. The van der Waals surface area contributed by atoms with Crippen molar-refractivity contribution in [1.29, 1.82) is 0 Å². The van der Waals surface area contributed by atoms with E-state index < -0.39 is 0 Å². The monoisotopic (exact) mass is 263 g/mol. The third kappa shape index (κ3) is 2.95. The van der Waals surface area contributed by atoms with Crippen LogP contribution in [0.5, 0.6) is 0 Å². The van der Waals surface area contributed by atoms with E-state index in [1.165, 1.54) is 12.1 Å². The lowest BCUT2D eigenvalue weighted by molar-refractivity contribution is 0.490. The lowest BCUT2D eigenvalue weighted by atomic mass is 10.0. The van der Waals surface area contributed by atoms with Crippen LogP contribution in [-0.4, -0.2) is 16.1 Å². The van der Waals surface area contributed by atoms with Crippen LogP contribution in [0.25, 0.3) is 11.0 Å². The summed E-state index contributed by atoms with van der Waals surface area (Å²) in [5.74, 6) is 1.24. The molecule has 2 N–H and O–H groups in total. The molecule has 1 heterocycles. The van der Waals surface area contributed by atoms with Gasteiger partial charge in [0.05, 0.1) is 11.0 Å². The summed E-state index contributed by atoms with van der Waals surface area (Å²) in [5.41, 5.74) is 7.54. The van der Waals surface area contributed by atoms with Gasteiger partial charge in [0.15, 0.2) is 0 Å². The Morgan fingerprint density at radius 2 is 2.16 bits per heavy atom. The van der Waals surface area contributed by atoms with Gasteiger partial charge in [0, 0.05) is 19.0 Å². The SMILES string of the molecule is CCCn1c(CC(CC)CN)nc2cc(F)ccc21. The zero-order valence-corrected chi connectivity index (χ0v) is 11.7. The Kier molecular flexibility index (Phi) is 4.53. The molecule has 1 aromatic heterocycles. The normalized spacial score (nSPS) is 13.1. The first-order valence-corrected chi connectivity index (χ1v) is 7.04. The highest BCUT2D eigenvalue weighted by atomic mass is 19.1. The highest BCUT2D eigenvalue weighted by Gasteiger charge is 2.14. The number of imidazole rings is 1. The second-order valence-corrected chi connectivity index (χ2v) is 5.03. The highest BCUT2D eigenvalue weighted by molar-refractivity contribution is 5.76. The van der Waals surface area contributed by atoms with Gasteiger partial charge in [0.25, 0.3) is 0 Å². The summed E-state index contributed by atoms with van der Waals surface area (Å²) in [6, 6.07) is 4.83. The first-order chi connectivity index (χ1) is 9.19. The van der Waals surface area contributed by atoms with Crippen LogP contribution >= 0.6 is 0 Å². The molecule has 3 nitrogen and oxygen atoms in total. The molecule has 0 aliphatic heterocycles. The molecule has 0 saturated carbocycles. The van der Waals surface area contributed by atoms with Crippen molar-refractivity contribution in [2.24, 2.45) is 11.7 Å². The number of fused-ring (bicyclic) bond motifs is 1. The van der Waals surface area contributed by atoms with Gasteiger partial charge < -0.3 is 10.3 Å². The van der Waals surface area contributed by atoms with Crippen LogP contribution in [0.4, 0.5) is 4.39 Å². The summed E-state index contributed by atoms with van der Waals surface area (Å²) >= 11 is 0. The smallest absolute Gasteiger partial charge is 0.125 e. The van der Waals surface area contributed by atoms with Crippen molar-refractivity contribution in [2.75, 3.05) is 6.54 Å². The van der Waals surface area contributed by atoms with Gasteiger partial charge in [-0.2, -0.15) is 0 Å². The van der Waals surface area contributed by atoms with Gasteiger partial charge in [0.2, 0.25) is 0 Å². The molecule has 1 aromatic carbocycles. The summed E-state index contributed by atoms with van der Waals surface area (Å²) in [5, 5.41) is 0. The molecular formula is C15H22FN3. The number of aromatic nitrogens is 2. The predicted molar refractivity (Wildman–Crippen MR) is 76.5 cm³/mol. The maximum absolute atomic E-state index is 13.3. The highest BCUT2D eigenvalue weighted by Crippen LogP contribution is 2.20. The Hall–Kier alpha value is -1.42. The minimum atomic E-state index is -0.230. The number of halogens is 1. The molecule has 4 heteroatoms. The summed E-state index contributed by atoms with van der Waals surface area (Å²) in [6.45, 7) is 5.86. The largest absolute Gasteiger partial charge is 0.330 e. The van der Waals surface area contributed by atoms with Crippen molar-refractivity contribution >= 4 is 11.0 Å². The zero-order chi connectivity index (χ0) is 13.8. The summed E-state index contributed by atoms with van der Waals surface area (Å²) in [4.78, 5) is 4.60. The van der Waals surface area contributed by atoms with Crippen LogP contribution in [0.3, 0.4) is 0 Å². The van der Waals surface area contributed by atoms with E-state index in [-0.39, 0.29) is 5.82 Å². The Bertz CT molecular complexity index is 544. The number of nitrogens with two attached hydrogens (primary N) is 1. The van der Waals surface area contributed by atoms with Crippen molar-refractivity contribution in [3.8, 4) is 0 Å². The maximum Gasteiger partial charge on any atom is 0.125 e. The molecule has 19 heavy (non-hydrogen) atoms. The third-order valence-electron chi connectivity index (χ3n) is 3.62. The quantitative estimate of drug-likeness (QED) is 0.870. The van der Waals surface area contributed by atoms with Crippen LogP contribution < -0.4 is 5.73 Å². The molecule has 0 spiro atoms. The first kappa shape index (κ1) is 14.0. The average molecular weight is 263 g/mol. The molecule has 1 atom stereocenters. The van der Waals surface area contributed by atoms with E-state index in [0.717, 1.165) is 42.7 Å². The molecule has 2 aromatic rings. The molecule has 104 valence electrons. The van der Waals surface area contributed by atoms with Crippen LogP contribution in [0.15, 0.2) is 18.2 Å². The van der Waals surface area contributed by atoms with E-state index in [2.05, 4.69) is 23.4 Å². The van der Waals surface area contributed by atoms with E-state index in [0.29, 0.717) is 12.5 Å². The fraction of sp³-hybridized carbons (Fsp3) is 0.533. The molecule has 0 bridgehead atoms. The molecule has 0 saturated heterocycles. The standard InChI is InChI=1S/C15H22FN3/c1-3-7-19-14-6-5-12(16)9-13(14)18-15(19)8-11(4-2)10-17/h5-6,9,11H,3-4,7-8,10,17H2,1-2H3. The van der Waals surface area contributed by atoms with Crippen molar-refractivity contribution in [2.45, 2.75) is 39.7 Å². The fourth-order valence-corrected chi connectivity index (χ4v) is 2.43. The minimum absolute atomic E-state index is 0.230.